The van der Waals surface area contributed by atoms with Crippen molar-refractivity contribution in [1.29, 1.82) is 0 Å². The normalized spacial score (nSPS) is 22.2. The van der Waals surface area contributed by atoms with Crippen LogP contribution in [0.15, 0.2) is 24.3 Å². The van der Waals surface area contributed by atoms with Gasteiger partial charge in [0.1, 0.15) is 12.2 Å². The van der Waals surface area contributed by atoms with E-state index in [1.807, 2.05) is 27.7 Å². The van der Waals surface area contributed by atoms with Gasteiger partial charge in [-0.25, -0.2) is 9.18 Å². The molecular formula is C27H41BFN3O6. The van der Waals surface area contributed by atoms with Gasteiger partial charge in [0.05, 0.1) is 23.7 Å². The fraction of sp³-hybridized carbons (Fsp3) is 0.667. The summed E-state index contributed by atoms with van der Waals surface area (Å²) in [5.74, 6) is -2.17. The second kappa shape index (κ2) is 10.5. The molecule has 3 amide bonds. The van der Waals surface area contributed by atoms with Crippen LogP contribution >= 0.6 is 0 Å². The van der Waals surface area contributed by atoms with Crippen molar-refractivity contribution >= 4 is 30.5 Å². The zero-order valence-corrected chi connectivity index (χ0v) is 23.9. The molecule has 2 saturated heterocycles. The molecule has 0 aliphatic carbocycles. The van der Waals surface area contributed by atoms with Crippen molar-refractivity contribution in [2.45, 2.75) is 89.8 Å². The summed E-state index contributed by atoms with van der Waals surface area (Å²) in [6.07, 6.45) is -2.34. The van der Waals surface area contributed by atoms with Crippen LogP contribution in [-0.2, 0) is 18.9 Å². The molecule has 2 aliphatic heterocycles. The van der Waals surface area contributed by atoms with Gasteiger partial charge >= 0.3 is 13.2 Å². The van der Waals surface area contributed by atoms with Gasteiger partial charge in [-0.3, -0.25) is 14.5 Å². The Balaban J connectivity index is 2.09. The molecule has 3 atom stereocenters. The molecule has 0 spiro atoms. The lowest BCUT2D eigenvalue weighted by molar-refractivity contribution is -0.144. The van der Waals surface area contributed by atoms with Crippen LogP contribution in [0.2, 0.25) is 0 Å². The summed E-state index contributed by atoms with van der Waals surface area (Å²) in [6.45, 7) is 12.9. The van der Waals surface area contributed by atoms with E-state index < -0.39 is 59.9 Å². The lowest BCUT2D eigenvalue weighted by Crippen LogP contribution is -2.61. The number of carbonyl (C=O) groups is 3. The molecule has 2 aliphatic rings. The van der Waals surface area contributed by atoms with E-state index in [0.717, 1.165) is 10.4 Å². The van der Waals surface area contributed by atoms with Crippen molar-refractivity contribution in [3.05, 3.63) is 29.8 Å². The number of hydrogen-bond donors (Lipinski definition) is 1. The van der Waals surface area contributed by atoms with Gasteiger partial charge in [0, 0.05) is 26.2 Å². The third kappa shape index (κ3) is 5.83. The Morgan fingerprint density at radius 3 is 2.00 bits per heavy atom. The molecule has 1 aromatic carbocycles. The number of benzene rings is 1. The van der Waals surface area contributed by atoms with Crippen molar-refractivity contribution in [3.8, 4) is 0 Å². The number of hydrogen-bond acceptors (Lipinski definition) is 5. The number of alkyl halides is 1. The van der Waals surface area contributed by atoms with Crippen LogP contribution < -0.4 is 5.46 Å². The second-order valence-electron chi connectivity index (χ2n) is 12.4. The van der Waals surface area contributed by atoms with Gasteiger partial charge in [-0.05, 0) is 65.9 Å². The minimum Gasteiger partial charge on any atom is -0.465 e. The van der Waals surface area contributed by atoms with E-state index in [-0.39, 0.29) is 19.5 Å². The van der Waals surface area contributed by atoms with Gasteiger partial charge in [-0.1, -0.05) is 24.3 Å². The highest BCUT2D eigenvalue weighted by atomic mass is 19.1. The monoisotopic (exact) mass is 533 g/mol. The van der Waals surface area contributed by atoms with E-state index in [4.69, 9.17) is 9.31 Å². The molecule has 11 heteroatoms. The summed E-state index contributed by atoms with van der Waals surface area (Å²) in [6, 6.07) is 5.56. The maximum Gasteiger partial charge on any atom is 0.494 e. The van der Waals surface area contributed by atoms with Crippen LogP contribution in [0.5, 0.6) is 0 Å². The smallest absolute Gasteiger partial charge is 0.465 e. The van der Waals surface area contributed by atoms with E-state index in [2.05, 4.69) is 0 Å². The summed E-state index contributed by atoms with van der Waals surface area (Å²) in [7, 11) is 2.50. The quantitative estimate of drug-likeness (QED) is 0.565. The molecule has 0 bridgehead atoms. The summed E-state index contributed by atoms with van der Waals surface area (Å²) in [5.41, 5.74) is -0.883. The Morgan fingerprint density at radius 2 is 1.61 bits per heavy atom. The minimum atomic E-state index is -1.39. The van der Waals surface area contributed by atoms with Gasteiger partial charge < -0.3 is 24.2 Å². The van der Waals surface area contributed by atoms with Crippen molar-refractivity contribution in [2.24, 2.45) is 0 Å². The topological polar surface area (TPSA) is 99.6 Å². The zero-order valence-electron chi connectivity index (χ0n) is 23.9. The standard InChI is InChI=1S/C27H41BFN3O6/c1-25(2,3)32(24(35)36)21(23(34)31-15-14-19(29)16-31)20(22(33)30(8)9)17-10-12-18(13-11-17)28-37-26(4,5)27(6,7)38-28/h10-13,19-21H,14-16H2,1-9H3,(H,35,36)/t19-,20-,21-/m0/s1. The number of amides is 3. The number of halogens is 1. The van der Waals surface area contributed by atoms with Crippen LogP contribution in [0, 0.1) is 0 Å². The molecule has 2 fully saturated rings. The highest BCUT2D eigenvalue weighted by molar-refractivity contribution is 6.62. The van der Waals surface area contributed by atoms with Crippen LogP contribution in [-0.4, -0.2) is 101 Å². The first kappa shape index (κ1) is 29.9. The van der Waals surface area contributed by atoms with Crippen molar-refractivity contribution in [1.82, 2.24) is 14.7 Å². The molecule has 0 aromatic heterocycles. The third-order valence-corrected chi connectivity index (χ3v) is 7.75. The second-order valence-corrected chi connectivity index (χ2v) is 12.4. The summed E-state index contributed by atoms with van der Waals surface area (Å²) < 4.78 is 26.3. The first-order valence-electron chi connectivity index (χ1n) is 13.0. The molecule has 210 valence electrons. The van der Waals surface area contributed by atoms with Gasteiger partial charge in [0.25, 0.3) is 0 Å². The summed E-state index contributed by atoms with van der Waals surface area (Å²) in [5, 5.41) is 10.2. The highest BCUT2D eigenvalue weighted by Crippen LogP contribution is 2.37. The molecule has 9 nitrogen and oxygen atoms in total. The van der Waals surface area contributed by atoms with Crippen LogP contribution in [0.3, 0.4) is 0 Å². The largest absolute Gasteiger partial charge is 0.494 e. The average Bonchev–Trinajstić information content (AvgIpc) is 3.31. The fourth-order valence-electron chi connectivity index (χ4n) is 4.91. The summed E-state index contributed by atoms with van der Waals surface area (Å²) in [4.78, 5) is 43.8. The predicted molar refractivity (Wildman–Crippen MR) is 143 cm³/mol. The molecule has 38 heavy (non-hydrogen) atoms. The predicted octanol–water partition coefficient (Wildman–Crippen LogP) is 2.88. The maximum absolute atomic E-state index is 14.1. The van der Waals surface area contributed by atoms with Crippen LogP contribution in [0.25, 0.3) is 0 Å². The third-order valence-electron chi connectivity index (χ3n) is 7.75. The van der Waals surface area contributed by atoms with Crippen molar-refractivity contribution < 1.29 is 33.2 Å². The van der Waals surface area contributed by atoms with Crippen LogP contribution in [0.4, 0.5) is 9.18 Å². The van der Waals surface area contributed by atoms with Gasteiger partial charge in [0.15, 0.2) is 0 Å². The average molecular weight is 533 g/mol. The zero-order chi connectivity index (χ0) is 28.8. The number of rotatable bonds is 6. The molecule has 0 radical (unpaired) electrons. The highest BCUT2D eigenvalue weighted by Gasteiger charge is 2.52. The van der Waals surface area contributed by atoms with Crippen molar-refractivity contribution in [2.75, 3.05) is 27.2 Å². The van der Waals surface area contributed by atoms with Gasteiger partial charge in [-0.2, -0.15) is 0 Å². The number of carbonyl (C=O) groups excluding carboxylic acids is 2. The molecule has 1 aromatic rings. The van der Waals surface area contributed by atoms with E-state index in [1.165, 1.54) is 9.80 Å². The first-order chi connectivity index (χ1) is 17.4. The minimum absolute atomic E-state index is 0.128. The lowest BCUT2D eigenvalue weighted by atomic mass is 9.77. The Labute approximate surface area is 225 Å². The molecular weight excluding hydrogens is 492 g/mol. The maximum atomic E-state index is 14.1. The fourth-order valence-corrected chi connectivity index (χ4v) is 4.91. The molecule has 0 unspecified atom stereocenters. The number of nitrogens with zero attached hydrogens (tertiary/aromatic N) is 3. The Bertz CT molecular complexity index is 1040. The molecule has 0 saturated carbocycles. The molecule has 3 rings (SSSR count). The first-order valence-corrected chi connectivity index (χ1v) is 13.0. The Hall–Kier alpha value is -2.66. The SMILES string of the molecule is CN(C)C(=O)[C@@H](c1ccc(B2OC(C)(C)C(C)(C)O2)cc1)[C@@H](C(=O)N1CC[C@H](F)C1)N(C(=O)O)C(C)(C)C. The van der Waals surface area contributed by atoms with Crippen molar-refractivity contribution in [3.63, 3.8) is 0 Å². The lowest BCUT2D eigenvalue weighted by Gasteiger charge is -2.43. The number of likely N-dealkylation sites (tertiary alicyclic amines) is 1. The molecule has 2 heterocycles. The van der Waals surface area contributed by atoms with E-state index in [0.29, 0.717) is 5.56 Å². The Morgan fingerprint density at radius 1 is 1.08 bits per heavy atom. The molecule has 1 N–H and O–H groups in total. The number of carboxylic acid groups (broad SMARTS) is 1. The number of likely N-dealkylation sites (N-methyl/N-ethyl adjacent to an activating group) is 1. The Kier molecular flexibility index (Phi) is 8.25. The van der Waals surface area contributed by atoms with E-state index in [9.17, 15) is 23.9 Å². The van der Waals surface area contributed by atoms with E-state index in [1.54, 1.807) is 59.1 Å². The van der Waals surface area contributed by atoms with Crippen LogP contribution in [0.1, 0.15) is 66.4 Å². The van der Waals surface area contributed by atoms with Gasteiger partial charge in [-0.15, -0.1) is 0 Å². The van der Waals surface area contributed by atoms with E-state index >= 15 is 0 Å². The van der Waals surface area contributed by atoms with Gasteiger partial charge in [0.2, 0.25) is 11.8 Å². The summed E-state index contributed by atoms with van der Waals surface area (Å²) >= 11 is 0.